The zero-order valence-electron chi connectivity index (χ0n) is 8.24. The van der Waals surface area contributed by atoms with E-state index in [2.05, 4.69) is 21.0 Å². The van der Waals surface area contributed by atoms with E-state index in [0.717, 1.165) is 21.3 Å². The fourth-order valence-corrected chi connectivity index (χ4v) is 2.05. The highest BCUT2D eigenvalue weighted by atomic mass is 79.9. The highest BCUT2D eigenvalue weighted by Gasteiger charge is 2.05. The molecule has 2 aromatic rings. The summed E-state index contributed by atoms with van der Waals surface area (Å²) in [6.07, 6.45) is 3.82. The van der Waals surface area contributed by atoms with E-state index >= 15 is 0 Å². The Labute approximate surface area is 102 Å². The molecule has 0 fully saturated rings. The van der Waals surface area contributed by atoms with E-state index in [4.69, 9.17) is 11.6 Å². The SMILES string of the molecule is Cc1cnn(-c2ccc(Br)cc2CCl)c1. The first-order chi connectivity index (χ1) is 7.20. The van der Waals surface area contributed by atoms with E-state index in [9.17, 15) is 0 Å². The van der Waals surface area contributed by atoms with Crippen LogP contribution in [-0.2, 0) is 5.88 Å². The number of alkyl halides is 1. The standard InChI is InChI=1S/C11H10BrClN2/c1-8-6-14-15(7-8)11-3-2-10(12)4-9(11)5-13/h2-4,6-7H,5H2,1H3. The summed E-state index contributed by atoms with van der Waals surface area (Å²) >= 11 is 9.33. The van der Waals surface area contributed by atoms with Crippen molar-refractivity contribution < 1.29 is 0 Å². The van der Waals surface area contributed by atoms with Crippen molar-refractivity contribution in [2.45, 2.75) is 12.8 Å². The van der Waals surface area contributed by atoms with Crippen molar-refractivity contribution in [2.75, 3.05) is 0 Å². The number of aryl methyl sites for hydroxylation is 1. The molecule has 1 heterocycles. The minimum Gasteiger partial charge on any atom is -0.240 e. The maximum absolute atomic E-state index is 5.90. The zero-order valence-corrected chi connectivity index (χ0v) is 10.6. The maximum atomic E-state index is 5.90. The predicted octanol–water partition coefficient (Wildman–Crippen LogP) is 3.68. The van der Waals surface area contributed by atoms with Gasteiger partial charge in [0.2, 0.25) is 0 Å². The van der Waals surface area contributed by atoms with Crippen molar-refractivity contribution in [3.8, 4) is 5.69 Å². The molecule has 2 rings (SSSR count). The Hall–Kier alpha value is -0.800. The van der Waals surface area contributed by atoms with Crippen LogP contribution < -0.4 is 0 Å². The van der Waals surface area contributed by atoms with Gasteiger partial charge in [0.05, 0.1) is 11.9 Å². The summed E-state index contributed by atoms with van der Waals surface area (Å²) in [6, 6.07) is 6.01. The first-order valence-corrected chi connectivity index (χ1v) is 5.89. The Bertz CT molecular complexity index is 479. The molecule has 0 atom stereocenters. The van der Waals surface area contributed by atoms with Crippen LogP contribution in [0.5, 0.6) is 0 Å². The Balaban J connectivity index is 2.52. The Morgan fingerprint density at radius 2 is 2.27 bits per heavy atom. The third-order valence-corrected chi connectivity index (χ3v) is 2.93. The van der Waals surface area contributed by atoms with Crippen LogP contribution >= 0.6 is 27.5 Å². The lowest BCUT2D eigenvalue weighted by molar-refractivity contribution is 0.870. The van der Waals surface area contributed by atoms with Crippen LogP contribution in [0.4, 0.5) is 0 Å². The van der Waals surface area contributed by atoms with Gasteiger partial charge < -0.3 is 0 Å². The molecule has 0 aliphatic carbocycles. The number of rotatable bonds is 2. The summed E-state index contributed by atoms with van der Waals surface area (Å²) in [7, 11) is 0. The Kier molecular flexibility index (Phi) is 3.12. The molecular weight excluding hydrogens is 275 g/mol. The highest BCUT2D eigenvalue weighted by Crippen LogP contribution is 2.21. The number of nitrogens with zero attached hydrogens (tertiary/aromatic N) is 2. The molecule has 0 aliphatic heterocycles. The molecule has 1 aromatic heterocycles. The molecule has 0 saturated heterocycles. The number of hydrogen-bond acceptors (Lipinski definition) is 1. The monoisotopic (exact) mass is 284 g/mol. The van der Waals surface area contributed by atoms with Crippen LogP contribution in [0.15, 0.2) is 35.1 Å². The third kappa shape index (κ3) is 2.24. The van der Waals surface area contributed by atoms with E-state index in [1.54, 1.807) is 0 Å². The average Bonchev–Trinajstić information content (AvgIpc) is 2.64. The van der Waals surface area contributed by atoms with Crippen molar-refractivity contribution >= 4 is 27.5 Å². The van der Waals surface area contributed by atoms with Crippen LogP contribution in [0.25, 0.3) is 5.69 Å². The summed E-state index contributed by atoms with van der Waals surface area (Å²) in [5.41, 5.74) is 3.23. The topological polar surface area (TPSA) is 17.8 Å². The van der Waals surface area contributed by atoms with Crippen molar-refractivity contribution in [3.05, 3.63) is 46.2 Å². The van der Waals surface area contributed by atoms with Gasteiger partial charge in [-0.25, -0.2) is 4.68 Å². The van der Waals surface area contributed by atoms with Crippen molar-refractivity contribution in [3.63, 3.8) is 0 Å². The Morgan fingerprint density at radius 3 is 2.87 bits per heavy atom. The van der Waals surface area contributed by atoms with Gasteiger partial charge in [-0.2, -0.15) is 5.10 Å². The summed E-state index contributed by atoms with van der Waals surface area (Å²) < 4.78 is 2.88. The van der Waals surface area contributed by atoms with Gasteiger partial charge in [0.15, 0.2) is 0 Å². The number of benzene rings is 1. The first-order valence-electron chi connectivity index (χ1n) is 4.57. The quantitative estimate of drug-likeness (QED) is 0.770. The minimum atomic E-state index is 0.480. The van der Waals surface area contributed by atoms with Gasteiger partial charge in [0, 0.05) is 16.5 Å². The first kappa shape index (κ1) is 10.7. The van der Waals surface area contributed by atoms with Crippen LogP contribution in [-0.4, -0.2) is 9.78 Å². The number of halogens is 2. The molecule has 0 saturated carbocycles. The van der Waals surface area contributed by atoms with Gasteiger partial charge in [-0.3, -0.25) is 0 Å². The smallest absolute Gasteiger partial charge is 0.0690 e. The second-order valence-corrected chi connectivity index (χ2v) is 4.55. The molecule has 2 nitrogen and oxygen atoms in total. The predicted molar refractivity (Wildman–Crippen MR) is 65.6 cm³/mol. The second-order valence-electron chi connectivity index (χ2n) is 3.37. The lowest BCUT2D eigenvalue weighted by Crippen LogP contribution is -1.98. The van der Waals surface area contributed by atoms with Gasteiger partial charge in [-0.05, 0) is 36.2 Å². The van der Waals surface area contributed by atoms with E-state index in [-0.39, 0.29) is 0 Å². The summed E-state index contributed by atoms with van der Waals surface area (Å²) in [5, 5.41) is 4.27. The van der Waals surface area contributed by atoms with Crippen LogP contribution in [0.3, 0.4) is 0 Å². The normalized spacial score (nSPS) is 10.6. The zero-order chi connectivity index (χ0) is 10.8. The van der Waals surface area contributed by atoms with Gasteiger partial charge in [-0.15, -0.1) is 11.6 Å². The second kappa shape index (κ2) is 4.37. The molecule has 78 valence electrons. The number of hydrogen-bond donors (Lipinski definition) is 0. The average molecular weight is 286 g/mol. The van der Waals surface area contributed by atoms with E-state index in [1.807, 2.05) is 42.2 Å². The molecule has 0 radical (unpaired) electrons. The summed E-state index contributed by atoms with van der Waals surface area (Å²) in [6.45, 7) is 2.02. The molecular formula is C11H10BrClN2. The third-order valence-electron chi connectivity index (χ3n) is 2.14. The van der Waals surface area contributed by atoms with E-state index in [1.165, 1.54) is 0 Å². The molecule has 15 heavy (non-hydrogen) atoms. The van der Waals surface area contributed by atoms with Gasteiger partial charge in [-0.1, -0.05) is 15.9 Å². The molecule has 0 unspecified atom stereocenters. The number of aromatic nitrogens is 2. The molecule has 4 heteroatoms. The van der Waals surface area contributed by atoms with Gasteiger partial charge in [0.25, 0.3) is 0 Å². The highest BCUT2D eigenvalue weighted by molar-refractivity contribution is 9.10. The van der Waals surface area contributed by atoms with E-state index in [0.29, 0.717) is 5.88 Å². The summed E-state index contributed by atoms with van der Waals surface area (Å²) in [4.78, 5) is 0. The summed E-state index contributed by atoms with van der Waals surface area (Å²) in [5.74, 6) is 0.480. The van der Waals surface area contributed by atoms with E-state index < -0.39 is 0 Å². The van der Waals surface area contributed by atoms with Crippen molar-refractivity contribution in [2.24, 2.45) is 0 Å². The van der Waals surface area contributed by atoms with Crippen LogP contribution in [0.1, 0.15) is 11.1 Å². The maximum Gasteiger partial charge on any atom is 0.0690 e. The van der Waals surface area contributed by atoms with Crippen LogP contribution in [0.2, 0.25) is 0 Å². The fourth-order valence-electron chi connectivity index (χ4n) is 1.43. The lowest BCUT2D eigenvalue weighted by Gasteiger charge is -2.07. The molecule has 1 aromatic carbocycles. The van der Waals surface area contributed by atoms with Crippen molar-refractivity contribution in [1.82, 2.24) is 9.78 Å². The minimum absolute atomic E-state index is 0.480. The molecule has 0 amide bonds. The fraction of sp³-hybridized carbons (Fsp3) is 0.182. The lowest BCUT2D eigenvalue weighted by atomic mass is 10.2. The largest absolute Gasteiger partial charge is 0.240 e. The van der Waals surface area contributed by atoms with Gasteiger partial charge >= 0.3 is 0 Å². The molecule has 0 spiro atoms. The van der Waals surface area contributed by atoms with Gasteiger partial charge in [0.1, 0.15) is 0 Å². The molecule has 0 N–H and O–H groups in total. The molecule has 0 bridgehead atoms. The Morgan fingerprint density at radius 1 is 1.47 bits per heavy atom. The van der Waals surface area contributed by atoms with Crippen LogP contribution in [0, 0.1) is 6.92 Å². The van der Waals surface area contributed by atoms with Crippen molar-refractivity contribution in [1.29, 1.82) is 0 Å². The molecule has 0 aliphatic rings.